The van der Waals surface area contributed by atoms with Gasteiger partial charge in [-0.3, -0.25) is 4.79 Å². The van der Waals surface area contributed by atoms with Gasteiger partial charge in [0, 0.05) is 12.2 Å². The van der Waals surface area contributed by atoms with E-state index in [0.29, 0.717) is 18.6 Å². The van der Waals surface area contributed by atoms with E-state index < -0.39 is 10.0 Å². The third-order valence-corrected chi connectivity index (χ3v) is 3.51. The Bertz CT molecular complexity index is 466. The molecule has 0 fully saturated rings. The lowest BCUT2D eigenvalue weighted by Gasteiger charge is -2.09. The average molecular weight is 256 g/mol. The van der Waals surface area contributed by atoms with Gasteiger partial charge in [-0.2, -0.15) is 0 Å². The van der Waals surface area contributed by atoms with E-state index in [1.54, 1.807) is 12.1 Å². The minimum absolute atomic E-state index is 0.189. The third-order valence-electron chi connectivity index (χ3n) is 2.07. The van der Waals surface area contributed by atoms with Crippen molar-refractivity contribution in [3.8, 4) is 0 Å². The van der Waals surface area contributed by atoms with Crippen LogP contribution in [0, 0.1) is 5.92 Å². The summed E-state index contributed by atoms with van der Waals surface area (Å²) in [6, 6.07) is 5.99. The molecule has 0 bridgehead atoms. The average Bonchev–Trinajstić information content (AvgIpc) is 2.28. The first-order chi connectivity index (χ1) is 7.95. The number of carbonyl (C=O) groups excluding carboxylic acids is 1. The molecule has 17 heavy (non-hydrogen) atoms. The second kappa shape index (κ2) is 5.79. The monoisotopic (exact) mass is 256 g/mol. The summed E-state index contributed by atoms with van der Waals surface area (Å²) in [5.41, 5.74) is 0.558. The molecule has 0 saturated heterocycles. The van der Waals surface area contributed by atoms with Crippen molar-refractivity contribution in [2.75, 3.05) is 11.9 Å². The van der Waals surface area contributed by atoms with Crippen molar-refractivity contribution in [2.45, 2.75) is 18.7 Å². The zero-order chi connectivity index (χ0) is 12.9. The van der Waals surface area contributed by atoms with Crippen molar-refractivity contribution >= 4 is 22.1 Å². The van der Waals surface area contributed by atoms with Crippen LogP contribution in [0.25, 0.3) is 0 Å². The molecule has 0 spiro atoms. The lowest BCUT2D eigenvalue weighted by Crippen LogP contribution is -2.27. The number of benzene rings is 1. The van der Waals surface area contributed by atoms with E-state index in [1.807, 2.05) is 13.8 Å². The van der Waals surface area contributed by atoms with Crippen LogP contribution >= 0.6 is 0 Å². The topological polar surface area (TPSA) is 75.3 Å². The normalized spacial score (nSPS) is 11.5. The van der Waals surface area contributed by atoms with Crippen LogP contribution in [0.1, 0.15) is 13.8 Å². The smallest absolute Gasteiger partial charge is 0.240 e. The first-order valence-electron chi connectivity index (χ1n) is 5.25. The summed E-state index contributed by atoms with van der Waals surface area (Å²) in [6.07, 6.45) is 0.542. The molecule has 0 aliphatic carbocycles. The summed E-state index contributed by atoms with van der Waals surface area (Å²) in [7, 11) is -3.45. The van der Waals surface area contributed by atoms with Crippen LogP contribution in [-0.2, 0) is 14.8 Å². The Morgan fingerprint density at radius 3 is 2.29 bits per heavy atom. The van der Waals surface area contributed by atoms with E-state index in [1.165, 1.54) is 12.1 Å². The second-order valence-corrected chi connectivity index (χ2v) is 5.80. The predicted octanol–water partition coefficient (Wildman–Crippen LogP) is 1.19. The molecule has 0 radical (unpaired) electrons. The molecule has 0 atom stereocenters. The molecular formula is C11H16N2O3S. The van der Waals surface area contributed by atoms with Crippen LogP contribution in [0.15, 0.2) is 29.2 Å². The minimum Gasteiger partial charge on any atom is -0.329 e. The number of amides is 1. The molecule has 1 aromatic rings. The Morgan fingerprint density at radius 2 is 1.82 bits per heavy atom. The first-order valence-corrected chi connectivity index (χ1v) is 6.74. The SMILES string of the molecule is CC(C)CNS(=O)(=O)c1ccc(NC=O)cc1. The van der Waals surface area contributed by atoms with Gasteiger partial charge in [0.15, 0.2) is 0 Å². The van der Waals surface area contributed by atoms with E-state index in [2.05, 4.69) is 10.0 Å². The highest BCUT2D eigenvalue weighted by Crippen LogP contribution is 2.13. The molecule has 1 rings (SSSR count). The van der Waals surface area contributed by atoms with E-state index in [0.717, 1.165) is 0 Å². The molecule has 6 heteroatoms. The summed E-state index contributed by atoms with van der Waals surface area (Å²) in [6.45, 7) is 4.26. The van der Waals surface area contributed by atoms with Gasteiger partial charge in [0.2, 0.25) is 16.4 Å². The highest BCUT2D eigenvalue weighted by molar-refractivity contribution is 7.89. The summed E-state index contributed by atoms with van der Waals surface area (Å²) in [5.74, 6) is 0.251. The van der Waals surface area contributed by atoms with Crippen LogP contribution in [0.2, 0.25) is 0 Å². The van der Waals surface area contributed by atoms with Gasteiger partial charge < -0.3 is 5.32 Å². The number of anilines is 1. The molecule has 0 aliphatic rings. The summed E-state index contributed by atoms with van der Waals surface area (Å²) < 4.78 is 26.1. The lowest BCUT2D eigenvalue weighted by molar-refractivity contribution is -0.105. The molecule has 5 nitrogen and oxygen atoms in total. The van der Waals surface area contributed by atoms with Crippen LogP contribution in [-0.4, -0.2) is 21.4 Å². The van der Waals surface area contributed by atoms with Gasteiger partial charge in [0.25, 0.3) is 0 Å². The number of nitrogens with one attached hydrogen (secondary N) is 2. The fourth-order valence-electron chi connectivity index (χ4n) is 1.16. The highest BCUT2D eigenvalue weighted by atomic mass is 32.2. The molecule has 0 aliphatic heterocycles. The molecule has 0 unspecified atom stereocenters. The largest absolute Gasteiger partial charge is 0.329 e. The Morgan fingerprint density at radius 1 is 1.24 bits per heavy atom. The zero-order valence-electron chi connectivity index (χ0n) is 9.80. The van der Waals surface area contributed by atoms with E-state index in [9.17, 15) is 13.2 Å². The number of carbonyl (C=O) groups is 1. The molecule has 0 saturated carbocycles. The molecular weight excluding hydrogens is 240 g/mol. The quantitative estimate of drug-likeness (QED) is 0.751. The number of sulfonamides is 1. The molecule has 0 heterocycles. The lowest BCUT2D eigenvalue weighted by atomic mass is 10.2. The van der Waals surface area contributed by atoms with Crippen molar-refractivity contribution in [1.29, 1.82) is 0 Å². The number of rotatable bonds is 6. The maximum absolute atomic E-state index is 11.8. The van der Waals surface area contributed by atoms with Gasteiger partial charge in [-0.1, -0.05) is 13.8 Å². The second-order valence-electron chi connectivity index (χ2n) is 4.03. The highest BCUT2D eigenvalue weighted by Gasteiger charge is 2.13. The van der Waals surface area contributed by atoms with E-state index >= 15 is 0 Å². The maximum atomic E-state index is 11.8. The van der Waals surface area contributed by atoms with Crippen molar-refractivity contribution < 1.29 is 13.2 Å². The summed E-state index contributed by atoms with van der Waals surface area (Å²) >= 11 is 0. The Labute approximate surface area is 101 Å². The minimum atomic E-state index is -3.45. The standard InChI is InChI=1S/C11H16N2O3S/c1-9(2)7-13-17(15,16)11-5-3-10(4-6-11)12-8-14/h3-6,8-9,13H,7H2,1-2H3,(H,12,14). The van der Waals surface area contributed by atoms with Crippen LogP contribution in [0.4, 0.5) is 5.69 Å². The molecule has 94 valence electrons. The van der Waals surface area contributed by atoms with Crippen molar-refractivity contribution in [3.05, 3.63) is 24.3 Å². The third kappa shape index (κ3) is 4.16. The fraction of sp³-hybridized carbons (Fsp3) is 0.364. The Kier molecular flexibility index (Phi) is 4.65. The van der Waals surface area contributed by atoms with Crippen LogP contribution < -0.4 is 10.0 Å². The molecule has 1 amide bonds. The van der Waals surface area contributed by atoms with E-state index in [4.69, 9.17) is 0 Å². The molecule has 0 aromatic heterocycles. The Balaban J connectivity index is 2.81. The summed E-state index contributed by atoms with van der Waals surface area (Å²) in [5, 5.41) is 2.44. The van der Waals surface area contributed by atoms with Gasteiger partial charge >= 0.3 is 0 Å². The van der Waals surface area contributed by atoms with Gasteiger partial charge in [0.05, 0.1) is 4.90 Å². The van der Waals surface area contributed by atoms with Crippen molar-refractivity contribution in [2.24, 2.45) is 5.92 Å². The van der Waals surface area contributed by atoms with Crippen LogP contribution in [0.3, 0.4) is 0 Å². The maximum Gasteiger partial charge on any atom is 0.240 e. The predicted molar refractivity (Wildman–Crippen MR) is 66.2 cm³/mol. The number of hydrogen-bond donors (Lipinski definition) is 2. The zero-order valence-corrected chi connectivity index (χ0v) is 10.6. The number of hydrogen-bond acceptors (Lipinski definition) is 3. The molecule has 2 N–H and O–H groups in total. The first kappa shape index (κ1) is 13.7. The van der Waals surface area contributed by atoms with Gasteiger partial charge in [-0.15, -0.1) is 0 Å². The summed E-state index contributed by atoms with van der Waals surface area (Å²) in [4.78, 5) is 10.4. The van der Waals surface area contributed by atoms with E-state index in [-0.39, 0.29) is 10.8 Å². The Hall–Kier alpha value is -1.40. The molecule has 1 aromatic carbocycles. The van der Waals surface area contributed by atoms with Crippen molar-refractivity contribution in [1.82, 2.24) is 4.72 Å². The van der Waals surface area contributed by atoms with Gasteiger partial charge in [0.1, 0.15) is 0 Å². The fourth-order valence-corrected chi connectivity index (χ4v) is 2.37. The van der Waals surface area contributed by atoms with Crippen LogP contribution in [0.5, 0.6) is 0 Å². The van der Waals surface area contributed by atoms with Crippen molar-refractivity contribution in [3.63, 3.8) is 0 Å². The van der Waals surface area contributed by atoms with Gasteiger partial charge in [-0.25, -0.2) is 13.1 Å². The van der Waals surface area contributed by atoms with Gasteiger partial charge in [-0.05, 0) is 30.2 Å².